The third-order valence-corrected chi connectivity index (χ3v) is 6.15. The molecule has 0 aliphatic heterocycles. The minimum atomic E-state index is -3.81. The van der Waals surface area contributed by atoms with Crippen molar-refractivity contribution in [2.45, 2.75) is 24.2 Å². The van der Waals surface area contributed by atoms with Gasteiger partial charge in [-0.15, -0.1) is 10.2 Å². The molecule has 0 unspecified atom stereocenters. The first kappa shape index (κ1) is 19.6. The van der Waals surface area contributed by atoms with E-state index in [1.807, 2.05) is 6.92 Å². The van der Waals surface area contributed by atoms with Crippen LogP contribution in [-0.2, 0) is 14.8 Å². The molecule has 0 spiro atoms. The molecule has 0 saturated carbocycles. The van der Waals surface area contributed by atoms with Gasteiger partial charge in [0.1, 0.15) is 11.9 Å². The van der Waals surface area contributed by atoms with E-state index in [2.05, 4.69) is 15.5 Å². The summed E-state index contributed by atoms with van der Waals surface area (Å²) < 4.78 is 39.3. The number of amides is 1. The number of aromatic nitrogens is 2. The van der Waals surface area contributed by atoms with E-state index in [0.717, 1.165) is 22.4 Å². The predicted molar refractivity (Wildman–Crippen MR) is 98.1 cm³/mol. The average molecular weight is 405 g/mol. The van der Waals surface area contributed by atoms with E-state index >= 15 is 0 Å². The Morgan fingerprint density at radius 1 is 1.44 bits per heavy atom. The predicted octanol–water partition coefficient (Wildman–Crippen LogP) is 2.58. The zero-order valence-corrected chi connectivity index (χ0v) is 16.2. The summed E-state index contributed by atoms with van der Waals surface area (Å²) in [6, 6.07) is 3.97. The summed E-state index contributed by atoms with van der Waals surface area (Å²) in [7, 11) is -3.81. The van der Waals surface area contributed by atoms with Gasteiger partial charge in [-0.1, -0.05) is 36.1 Å². The molecule has 1 atom stereocenters. The number of nitrogens with zero attached hydrogens (tertiary/aromatic N) is 3. The Balaban J connectivity index is 2.23. The van der Waals surface area contributed by atoms with Gasteiger partial charge in [-0.2, -0.15) is 0 Å². The number of halogens is 1. The Bertz CT molecular complexity index is 857. The third kappa shape index (κ3) is 5.13. The molecule has 0 aliphatic rings. The second-order valence-electron chi connectivity index (χ2n) is 5.01. The topological polar surface area (TPSA) is 92.3 Å². The van der Waals surface area contributed by atoms with Crippen LogP contribution in [0.3, 0.4) is 0 Å². The largest absolute Gasteiger partial charge is 0.299 e. The van der Waals surface area contributed by atoms with Crippen LogP contribution < -0.4 is 9.62 Å². The van der Waals surface area contributed by atoms with Gasteiger partial charge in [0.25, 0.3) is 0 Å². The lowest BCUT2D eigenvalue weighted by Crippen LogP contribution is -2.45. The van der Waals surface area contributed by atoms with Crippen LogP contribution in [0.15, 0.2) is 28.6 Å². The van der Waals surface area contributed by atoms with Crippen molar-refractivity contribution in [2.24, 2.45) is 0 Å². The van der Waals surface area contributed by atoms with Crippen LogP contribution >= 0.6 is 23.1 Å². The second-order valence-corrected chi connectivity index (χ2v) is 9.36. The molecule has 25 heavy (non-hydrogen) atoms. The molecule has 0 fully saturated rings. The standard InChI is InChI=1S/C14H17FN4O3S3/c1-4-23-14-18-17-13(24-14)16-12(20)9(2)19(25(3,21)22)11-7-5-6-10(15)8-11/h5-9H,4H2,1-3H3,(H,16,17,20)/t9-/m0/s1. The van der Waals surface area contributed by atoms with Crippen LogP contribution in [0, 0.1) is 5.82 Å². The normalized spacial score (nSPS) is 12.6. The molecule has 0 saturated heterocycles. The summed E-state index contributed by atoms with van der Waals surface area (Å²) in [6.45, 7) is 3.39. The summed E-state index contributed by atoms with van der Waals surface area (Å²) in [5.74, 6) is -0.358. The van der Waals surface area contributed by atoms with Gasteiger partial charge in [0.05, 0.1) is 11.9 Å². The number of nitrogens with one attached hydrogen (secondary N) is 1. The quantitative estimate of drug-likeness (QED) is 0.563. The summed E-state index contributed by atoms with van der Waals surface area (Å²) in [5.41, 5.74) is 0.0737. The monoisotopic (exact) mass is 404 g/mol. The Morgan fingerprint density at radius 3 is 2.76 bits per heavy atom. The van der Waals surface area contributed by atoms with Crippen molar-refractivity contribution >= 4 is 49.8 Å². The van der Waals surface area contributed by atoms with Crippen LogP contribution in [-0.4, -0.2) is 42.6 Å². The molecular weight excluding hydrogens is 387 g/mol. The van der Waals surface area contributed by atoms with E-state index in [4.69, 9.17) is 0 Å². The maximum Gasteiger partial charge on any atom is 0.249 e. The molecule has 1 amide bonds. The highest BCUT2D eigenvalue weighted by Crippen LogP contribution is 2.26. The molecule has 1 aromatic heterocycles. The maximum atomic E-state index is 13.5. The van der Waals surface area contributed by atoms with Crippen LogP contribution in [0.2, 0.25) is 0 Å². The molecule has 1 N–H and O–H groups in total. The molecule has 1 heterocycles. The van der Waals surface area contributed by atoms with E-state index < -0.39 is 27.8 Å². The molecule has 0 bridgehead atoms. The molecule has 0 aliphatic carbocycles. The minimum Gasteiger partial charge on any atom is -0.299 e. The molecular formula is C14H17FN4O3S3. The van der Waals surface area contributed by atoms with Crippen molar-refractivity contribution in [3.8, 4) is 0 Å². The van der Waals surface area contributed by atoms with Gasteiger partial charge < -0.3 is 0 Å². The van der Waals surface area contributed by atoms with Crippen molar-refractivity contribution in [2.75, 3.05) is 21.6 Å². The number of benzene rings is 1. The zero-order valence-electron chi connectivity index (χ0n) is 13.8. The lowest BCUT2D eigenvalue weighted by Gasteiger charge is -2.27. The Kier molecular flexibility index (Phi) is 6.36. The summed E-state index contributed by atoms with van der Waals surface area (Å²) in [6.07, 6.45) is 0.961. The van der Waals surface area contributed by atoms with E-state index in [1.165, 1.54) is 48.2 Å². The number of carbonyl (C=O) groups excluding carboxylic acids is 1. The Hall–Kier alpha value is -1.72. The first-order valence-corrected chi connectivity index (χ1v) is 10.9. The SMILES string of the molecule is CCSc1nnc(NC(=O)[C@H](C)N(c2cccc(F)c2)S(C)(=O)=O)s1. The number of rotatable bonds is 7. The summed E-state index contributed by atoms with van der Waals surface area (Å²) in [4.78, 5) is 12.4. The summed E-state index contributed by atoms with van der Waals surface area (Å²) >= 11 is 2.69. The van der Waals surface area contributed by atoms with Gasteiger partial charge >= 0.3 is 0 Å². The van der Waals surface area contributed by atoms with Crippen molar-refractivity contribution < 1.29 is 17.6 Å². The Labute approximate surface area is 153 Å². The number of hydrogen-bond acceptors (Lipinski definition) is 7. The van der Waals surface area contributed by atoms with Gasteiger partial charge in [0.2, 0.25) is 21.1 Å². The number of carbonyl (C=O) groups is 1. The summed E-state index contributed by atoms with van der Waals surface area (Å²) in [5, 5.41) is 10.6. The Morgan fingerprint density at radius 2 is 2.16 bits per heavy atom. The zero-order chi connectivity index (χ0) is 18.6. The maximum absolute atomic E-state index is 13.5. The first-order chi connectivity index (χ1) is 11.7. The van der Waals surface area contributed by atoms with Crippen molar-refractivity contribution in [3.05, 3.63) is 30.1 Å². The smallest absolute Gasteiger partial charge is 0.249 e. The highest BCUT2D eigenvalue weighted by molar-refractivity contribution is 8.01. The third-order valence-electron chi connectivity index (χ3n) is 3.06. The van der Waals surface area contributed by atoms with Crippen molar-refractivity contribution in [1.29, 1.82) is 0 Å². The number of thioether (sulfide) groups is 1. The van der Waals surface area contributed by atoms with Gasteiger partial charge in [0.15, 0.2) is 4.34 Å². The van der Waals surface area contributed by atoms with Gasteiger partial charge in [-0.05, 0) is 30.9 Å². The van der Waals surface area contributed by atoms with E-state index in [0.29, 0.717) is 4.34 Å². The van der Waals surface area contributed by atoms with E-state index in [9.17, 15) is 17.6 Å². The van der Waals surface area contributed by atoms with Gasteiger partial charge in [-0.3, -0.25) is 14.4 Å². The minimum absolute atomic E-state index is 0.0737. The van der Waals surface area contributed by atoms with Crippen LogP contribution in [0.4, 0.5) is 15.2 Å². The number of hydrogen-bond donors (Lipinski definition) is 1. The van der Waals surface area contributed by atoms with E-state index in [1.54, 1.807) is 0 Å². The highest BCUT2D eigenvalue weighted by Gasteiger charge is 2.30. The van der Waals surface area contributed by atoms with Gasteiger partial charge in [0, 0.05) is 0 Å². The molecule has 136 valence electrons. The fourth-order valence-electron chi connectivity index (χ4n) is 2.07. The van der Waals surface area contributed by atoms with Crippen molar-refractivity contribution in [3.63, 3.8) is 0 Å². The molecule has 1 aromatic carbocycles. The highest BCUT2D eigenvalue weighted by atomic mass is 32.2. The van der Waals surface area contributed by atoms with Gasteiger partial charge in [-0.25, -0.2) is 12.8 Å². The number of sulfonamides is 1. The fraction of sp³-hybridized carbons (Fsp3) is 0.357. The molecule has 7 nitrogen and oxygen atoms in total. The van der Waals surface area contributed by atoms with Crippen LogP contribution in [0.5, 0.6) is 0 Å². The second kappa shape index (κ2) is 8.11. The lowest BCUT2D eigenvalue weighted by molar-refractivity contribution is -0.116. The molecule has 11 heteroatoms. The molecule has 2 rings (SSSR count). The molecule has 0 radical (unpaired) electrons. The molecule has 2 aromatic rings. The lowest BCUT2D eigenvalue weighted by atomic mass is 10.2. The average Bonchev–Trinajstić information content (AvgIpc) is 2.93. The van der Waals surface area contributed by atoms with Crippen LogP contribution in [0.25, 0.3) is 0 Å². The van der Waals surface area contributed by atoms with E-state index in [-0.39, 0.29) is 10.8 Å². The first-order valence-electron chi connectivity index (χ1n) is 7.24. The van der Waals surface area contributed by atoms with Crippen LogP contribution in [0.1, 0.15) is 13.8 Å². The fourth-order valence-corrected chi connectivity index (χ4v) is 4.89. The van der Waals surface area contributed by atoms with Crippen molar-refractivity contribution in [1.82, 2.24) is 10.2 Å². The number of anilines is 2.